The van der Waals surface area contributed by atoms with Crippen LogP contribution in [0, 0.1) is 5.82 Å². The summed E-state index contributed by atoms with van der Waals surface area (Å²) < 4.78 is 14.8. The highest BCUT2D eigenvalue weighted by Crippen LogP contribution is 2.26. The molecular formula is C21H16FNO4. The SMILES string of the molecule is O=C(O)C(=O)/C=C(\O)c1cc(-c2ccccc2)cn1Cc1ccc(F)cc1. The fourth-order valence-electron chi connectivity index (χ4n) is 2.69. The van der Waals surface area contributed by atoms with Crippen molar-refractivity contribution < 1.29 is 24.2 Å². The molecule has 0 aliphatic heterocycles. The van der Waals surface area contributed by atoms with Crippen molar-refractivity contribution in [2.24, 2.45) is 0 Å². The van der Waals surface area contributed by atoms with E-state index in [1.165, 1.54) is 12.1 Å². The van der Waals surface area contributed by atoms with E-state index in [0.29, 0.717) is 12.6 Å². The van der Waals surface area contributed by atoms with E-state index in [1.54, 1.807) is 29.0 Å². The van der Waals surface area contributed by atoms with Crippen molar-refractivity contribution in [3.8, 4) is 11.1 Å². The lowest BCUT2D eigenvalue weighted by Crippen LogP contribution is -2.10. The first kappa shape index (κ1) is 18.1. The van der Waals surface area contributed by atoms with Gasteiger partial charge in [-0.15, -0.1) is 0 Å². The number of carboxylic acid groups (broad SMARTS) is 1. The Labute approximate surface area is 154 Å². The average molecular weight is 365 g/mol. The molecule has 0 amide bonds. The van der Waals surface area contributed by atoms with Crippen LogP contribution >= 0.6 is 0 Å². The minimum absolute atomic E-state index is 0.285. The number of carbonyl (C=O) groups is 2. The van der Waals surface area contributed by atoms with Gasteiger partial charge in [0.05, 0.1) is 5.69 Å². The van der Waals surface area contributed by atoms with Gasteiger partial charge in [0, 0.05) is 24.4 Å². The van der Waals surface area contributed by atoms with Crippen LogP contribution in [0.15, 0.2) is 72.9 Å². The molecule has 2 aromatic carbocycles. The molecule has 6 heteroatoms. The fraction of sp³-hybridized carbons (Fsp3) is 0.0476. The van der Waals surface area contributed by atoms with Gasteiger partial charge in [-0.05, 0) is 29.3 Å². The number of nitrogens with zero attached hydrogens (tertiary/aromatic N) is 1. The summed E-state index contributed by atoms with van der Waals surface area (Å²) in [4.78, 5) is 22.2. The molecule has 136 valence electrons. The Morgan fingerprint density at radius 3 is 2.26 bits per heavy atom. The Hall–Kier alpha value is -3.67. The Kier molecular flexibility index (Phi) is 5.17. The highest BCUT2D eigenvalue weighted by Gasteiger charge is 2.15. The van der Waals surface area contributed by atoms with Gasteiger partial charge in [-0.1, -0.05) is 42.5 Å². The summed E-state index contributed by atoms with van der Waals surface area (Å²) in [5, 5.41) is 19.0. The van der Waals surface area contributed by atoms with Crippen LogP contribution < -0.4 is 0 Å². The predicted octanol–water partition coefficient (Wildman–Crippen LogP) is 3.90. The largest absolute Gasteiger partial charge is 0.506 e. The van der Waals surface area contributed by atoms with Crippen molar-refractivity contribution in [3.05, 3.63) is 90.0 Å². The van der Waals surface area contributed by atoms with Gasteiger partial charge in [0.2, 0.25) is 0 Å². The second-order valence-corrected chi connectivity index (χ2v) is 5.93. The van der Waals surface area contributed by atoms with E-state index in [-0.39, 0.29) is 11.5 Å². The maximum absolute atomic E-state index is 13.1. The number of aliphatic hydroxyl groups excluding tert-OH is 1. The Bertz CT molecular complexity index is 1000. The molecule has 3 aromatic rings. The molecule has 0 bridgehead atoms. The molecule has 5 nitrogen and oxygen atoms in total. The maximum Gasteiger partial charge on any atom is 0.376 e. The van der Waals surface area contributed by atoms with E-state index in [1.807, 2.05) is 30.3 Å². The van der Waals surface area contributed by atoms with Gasteiger partial charge >= 0.3 is 5.97 Å². The highest BCUT2D eigenvalue weighted by atomic mass is 19.1. The van der Waals surface area contributed by atoms with Crippen LogP contribution in [-0.2, 0) is 16.1 Å². The number of aromatic nitrogens is 1. The number of ketones is 1. The van der Waals surface area contributed by atoms with Crippen molar-refractivity contribution in [1.29, 1.82) is 0 Å². The first-order valence-corrected chi connectivity index (χ1v) is 8.12. The van der Waals surface area contributed by atoms with Gasteiger partial charge in [0.15, 0.2) is 0 Å². The van der Waals surface area contributed by atoms with Crippen molar-refractivity contribution in [3.63, 3.8) is 0 Å². The fourth-order valence-corrected chi connectivity index (χ4v) is 2.69. The summed E-state index contributed by atoms with van der Waals surface area (Å²) in [5.74, 6) is -3.68. The van der Waals surface area contributed by atoms with Gasteiger partial charge < -0.3 is 14.8 Å². The lowest BCUT2D eigenvalue weighted by atomic mass is 10.1. The second kappa shape index (κ2) is 7.70. The number of halogens is 1. The van der Waals surface area contributed by atoms with E-state index in [9.17, 15) is 19.1 Å². The van der Waals surface area contributed by atoms with Crippen molar-refractivity contribution in [2.45, 2.75) is 6.54 Å². The quantitative estimate of drug-likeness (QED) is 0.394. The zero-order chi connectivity index (χ0) is 19.4. The zero-order valence-corrected chi connectivity index (χ0v) is 14.2. The lowest BCUT2D eigenvalue weighted by Gasteiger charge is -2.08. The normalized spacial score (nSPS) is 11.4. The Morgan fingerprint density at radius 1 is 0.963 bits per heavy atom. The molecule has 27 heavy (non-hydrogen) atoms. The number of aliphatic carboxylic acids is 1. The van der Waals surface area contributed by atoms with Crippen LogP contribution in [0.25, 0.3) is 16.9 Å². The van der Waals surface area contributed by atoms with Gasteiger partial charge in [-0.3, -0.25) is 4.79 Å². The van der Waals surface area contributed by atoms with Crippen LogP contribution in [0.5, 0.6) is 0 Å². The van der Waals surface area contributed by atoms with Crippen LogP contribution in [0.3, 0.4) is 0 Å². The molecule has 2 N–H and O–H groups in total. The number of aliphatic hydroxyl groups is 1. The monoisotopic (exact) mass is 365 g/mol. The number of carboxylic acids is 1. The summed E-state index contributed by atoms with van der Waals surface area (Å²) in [5.41, 5.74) is 2.75. The molecule has 0 radical (unpaired) electrons. The zero-order valence-electron chi connectivity index (χ0n) is 14.2. The molecule has 0 aliphatic carbocycles. The van der Waals surface area contributed by atoms with Crippen molar-refractivity contribution >= 4 is 17.5 Å². The van der Waals surface area contributed by atoms with E-state index >= 15 is 0 Å². The number of hydrogen-bond donors (Lipinski definition) is 2. The molecule has 0 unspecified atom stereocenters. The van der Waals surface area contributed by atoms with Crippen LogP contribution in [0.2, 0.25) is 0 Å². The van der Waals surface area contributed by atoms with Crippen molar-refractivity contribution in [1.82, 2.24) is 4.57 Å². The number of rotatable bonds is 6. The van der Waals surface area contributed by atoms with Crippen molar-refractivity contribution in [2.75, 3.05) is 0 Å². The first-order chi connectivity index (χ1) is 12.9. The molecule has 0 saturated heterocycles. The molecule has 0 spiro atoms. The number of carbonyl (C=O) groups excluding carboxylic acids is 1. The summed E-state index contributed by atoms with van der Waals surface area (Å²) in [6.45, 7) is 0.307. The Morgan fingerprint density at radius 2 is 1.63 bits per heavy atom. The molecule has 0 aliphatic rings. The molecular weight excluding hydrogens is 349 g/mol. The average Bonchev–Trinajstić information content (AvgIpc) is 3.08. The summed E-state index contributed by atoms with van der Waals surface area (Å²) in [6.07, 6.45) is 2.46. The minimum atomic E-state index is -1.65. The molecule has 3 rings (SSSR count). The summed E-state index contributed by atoms with van der Waals surface area (Å²) in [7, 11) is 0. The smallest absolute Gasteiger partial charge is 0.376 e. The number of benzene rings is 2. The first-order valence-electron chi connectivity index (χ1n) is 8.12. The molecule has 1 heterocycles. The molecule has 1 aromatic heterocycles. The molecule has 0 atom stereocenters. The van der Waals surface area contributed by atoms with Crippen LogP contribution in [-0.4, -0.2) is 26.5 Å². The van der Waals surface area contributed by atoms with E-state index < -0.39 is 17.5 Å². The lowest BCUT2D eigenvalue weighted by molar-refractivity contribution is -0.146. The number of hydrogen-bond acceptors (Lipinski definition) is 3. The third kappa shape index (κ3) is 4.30. The van der Waals surface area contributed by atoms with Gasteiger partial charge in [-0.25, -0.2) is 9.18 Å². The van der Waals surface area contributed by atoms with Gasteiger partial charge in [0.25, 0.3) is 5.78 Å². The predicted molar refractivity (Wildman–Crippen MR) is 98.6 cm³/mol. The van der Waals surface area contributed by atoms with Crippen LogP contribution in [0.1, 0.15) is 11.3 Å². The Balaban J connectivity index is 2.03. The van der Waals surface area contributed by atoms with E-state index in [4.69, 9.17) is 5.11 Å². The standard InChI is InChI=1S/C21H16FNO4/c22-17-8-6-14(7-9-17)12-23-13-16(15-4-2-1-3-5-15)10-18(23)19(24)11-20(25)21(26)27/h1-11,13,24H,12H2,(H,26,27)/b19-11-. The topological polar surface area (TPSA) is 79.5 Å². The van der Waals surface area contributed by atoms with E-state index in [0.717, 1.165) is 16.7 Å². The van der Waals surface area contributed by atoms with Gasteiger partial charge in [0.1, 0.15) is 11.6 Å². The minimum Gasteiger partial charge on any atom is -0.506 e. The summed E-state index contributed by atoms with van der Waals surface area (Å²) in [6, 6.07) is 17.0. The third-order valence-corrected chi connectivity index (χ3v) is 4.01. The molecule has 0 saturated carbocycles. The third-order valence-electron chi connectivity index (χ3n) is 4.01. The maximum atomic E-state index is 13.1. The van der Waals surface area contributed by atoms with E-state index in [2.05, 4.69) is 0 Å². The highest BCUT2D eigenvalue weighted by molar-refractivity contribution is 6.38. The molecule has 0 fully saturated rings. The van der Waals surface area contributed by atoms with Crippen LogP contribution in [0.4, 0.5) is 4.39 Å². The second-order valence-electron chi connectivity index (χ2n) is 5.93. The van der Waals surface area contributed by atoms with Gasteiger partial charge in [-0.2, -0.15) is 0 Å². The summed E-state index contributed by atoms with van der Waals surface area (Å²) >= 11 is 0.